The number of rotatable bonds is 5. The van der Waals surface area contributed by atoms with Crippen molar-refractivity contribution >= 4 is 0 Å². The molecule has 100 valence electrons. The van der Waals surface area contributed by atoms with Crippen LogP contribution >= 0.6 is 0 Å². The Balaban J connectivity index is 2.24. The van der Waals surface area contributed by atoms with Crippen molar-refractivity contribution in [1.82, 2.24) is 5.32 Å². The standard InChI is InChI=1S/C16H17F2N/c1-19-11-14(12-6-3-2-4-7-12)10-13-8-5-9-15(17)16(13)18/h2-9,14,19H,10-11H2,1H3. The van der Waals surface area contributed by atoms with Gasteiger partial charge in [0.25, 0.3) is 0 Å². The highest BCUT2D eigenvalue weighted by Gasteiger charge is 2.15. The molecule has 0 saturated carbocycles. The van der Waals surface area contributed by atoms with Crippen molar-refractivity contribution in [2.75, 3.05) is 13.6 Å². The topological polar surface area (TPSA) is 12.0 Å². The zero-order valence-corrected chi connectivity index (χ0v) is 10.9. The fraction of sp³-hybridized carbons (Fsp3) is 0.250. The Morgan fingerprint density at radius 3 is 2.42 bits per heavy atom. The van der Waals surface area contributed by atoms with Crippen LogP contribution in [0, 0.1) is 11.6 Å². The third-order valence-corrected chi connectivity index (χ3v) is 3.22. The zero-order valence-electron chi connectivity index (χ0n) is 10.9. The van der Waals surface area contributed by atoms with Gasteiger partial charge in [-0.2, -0.15) is 0 Å². The highest BCUT2D eigenvalue weighted by molar-refractivity contribution is 5.26. The van der Waals surface area contributed by atoms with Crippen LogP contribution in [0.5, 0.6) is 0 Å². The highest BCUT2D eigenvalue weighted by atomic mass is 19.2. The Hall–Kier alpha value is -1.74. The number of likely N-dealkylation sites (N-methyl/N-ethyl adjacent to an activating group) is 1. The van der Waals surface area contributed by atoms with E-state index in [1.54, 1.807) is 12.1 Å². The Morgan fingerprint density at radius 1 is 1.00 bits per heavy atom. The molecule has 0 radical (unpaired) electrons. The van der Waals surface area contributed by atoms with Crippen molar-refractivity contribution < 1.29 is 8.78 Å². The smallest absolute Gasteiger partial charge is 0.162 e. The summed E-state index contributed by atoms with van der Waals surface area (Å²) in [7, 11) is 1.86. The van der Waals surface area contributed by atoms with Gasteiger partial charge in [-0.25, -0.2) is 8.78 Å². The maximum absolute atomic E-state index is 13.7. The Bertz CT molecular complexity index is 526. The third-order valence-electron chi connectivity index (χ3n) is 3.22. The second-order valence-electron chi connectivity index (χ2n) is 4.58. The van der Waals surface area contributed by atoms with E-state index in [1.807, 2.05) is 37.4 Å². The summed E-state index contributed by atoms with van der Waals surface area (Å²) in [6.45, 7) is 0.722. The van der Waals surface area contributed by atoms with Crippen LogP contribution in [0.25, 0.3) is 0 Å². The monoisotopic (exact) mass is 261 g/mol. The summed E-state index contributed by atoms with van der Waals surface area (Å²) in [6.07, 6.45) is 0.481. The Kier molecular flexibility index (Phi) is 4.63. The van der Waals surface area contributed by atoms with Crippen LogP contribution in [0.2, 0.25) is 0 Å². The first-order valence-corrected chi connectivity index (χ1v) is 6.34. The summed E-state index contributed by atoms with van der Waals surface area (Å²) in [4.78, 5) is 0. The molecule has 0 heterocycles. The quantitative estimate of drug-likeness (QED) is 0.868. The van der Waals surface area contributed by atoms with E-state index in [1.165, 1.54) is 0 Å². The predicted octanol–water partition coefficient (Wildman–Crippen LogP) is 3.51. The van der Waals surface area contributed by atoms with Gasteiger partial charge in [0, 0.05) is 12.5 Å². The van der Waals surface area contributed by atoms with E-state index < -0.39 is 11.6 Å². The van der Waals surface area contributed by atoms with Gasteiger partial charge in [0.15, 0.2) is 11.6 Å². The van der Waals surface area contributed by atoms with E-state index in [9.17, 15) is 8.78 Å². The molecule has 0 bridgehead atoms. The lowest BCUT2D eigenvalue weighted by Crippen LogP contribution is -2.19. The number of benzene rings is 2. The lowest BCUT2D eigenvalue weighted by Gasteiger charge is -2.17. The number of hydrogen-bond donors (Lipinski definition) is 1. The lowest BCUT2D eigenvalue weighted by molar-refractivity contribution is 0.491. The van der Waals surface area contributed by atoms with Crippen LogP contribution in [-0.2, 0) is 6.42 Å². The minimum absolute atomic E-state index is 0.127. The minimum Gasteiger partial charge on any atom is -0.319 e. The van der Waals surface area contributed by atoms with Crippen LogP contribution in [-0.4, -0.2) is 13.6 Å². The van der Waals surface area contributed by atoms with Crippen LogP contribution in [0.4, 0.5) is 8.78 Å². The first-order chi connectivity index (χ1) is 9.22. The molecule has 1 unspecified atom stereocenters. The molecule has 1 nitrogen and oxygen atoms in total. The van der Waals surface area contributed by atoms with Crippen molar-refractivity contribution in [1.29, 1.82) is 0 Å². The number of nitrogens with one attached hydrogen (secondary N) is 1. The molecule has 0 saturated heterocycles. The average Bonchev–Trinajstić information content (AvgIpc) is 2.44. The fourth-order valence-electron chi connectivity index (χ4n) is 2.25. The van der Waals surface area contributed by atoms with E-state index in [0.29, 0.717) is 12.0 Å². The second kappa shape index (κ2) is 6.43. The molecule has 2 aromatic carbocycles. The number of hydrogen-bond acceptors (Lipinski definition) is 1. The molecule has 0 aliphatic rings. The van der Waals surface area contributed by atoms with Gasteiger partial charge >= 0.3 is 0 Å². The second-order valence-corrected chi connectivity index (χ2v) is 4.58. The van der Waals surface area contributed by atoms with Crippen LogP contribution in [0.3, 0.4) is 0 Å². The third kappa shape index (κ3) is 3.38. The summed E-state index contributed by atoms with van der Waals surface area (Å²) in [5.74, 6) is -1.39. The number of halogens is 2. The van der Waals surface area contributed by atoms with Gasteiger partial charge in [0.1, 0.15) is 0 Å². The Morgan fingerprint density at radius 2 is 1.74 bits per heavy atom. The average molecular weight is 261 g/mol. The molecule has 0 amide bonds. The molecule has 2 rings (SSSR count). The molecule has 0 spiro atoms. The largest absolute Gasteiger partial charge is 0.319 e. The van der Waals surface area contributed by atoms with Gasteiger partial charge < -0.3 is 5.32 Å². The van der Waals surface area contributed by atoms with E-state index in [2.05, 4.69) is 5.32 Å². The highest BCUT2D eigenvalue weighted by Crippen LogP contribution is 2.22. The SMILES string of the molecule is CNCC(Cc1cccc(F)c1F)c1ccccc1. The molecule has 1 atom stereocenters. The first kappa shape index (κ1) is 13.7. The van der Waals surface area contributed by atoms with Crippen molar-refractivity contribution in [3.8, 4) is 0 Å². The summed E-state index contributed by atoms with van der Waals surface area (Å²) in [5, 5.41) is 3.10. The summed E-state index contributed by atoms with van der Waals surface area (Å²) in [6, 6.07) is 14.2. The van der Waals surface area contributed by atoms with Gasteiger partial charge in [0.05, 0.1) is 0 Å². The van der Waals surface area contributed by atoms with Crippen LogP contribution in [0.15, 0.2) is 48.5 Å². The summed E-state index contributed by atoms with van der Waals surface area (Å²) >= 11 is 0. The van der Waals surface area contributed by atoms with E-state index in [0.717, 1.165) is 18.2 Å². The molecular weight excluding hydrogens is 244 g/mol. The molecule has 0 aromatic heterocycles. The van der Waals surface area contributed by atoms with Gasteiger partial charge in [-0.05, 0) is 30.7 Å². The molecule has 1 N–H and O–H groups in total. The van der Waals surface area contributed by atoms with E-state index in [4.69, 9.17) is 0 Å². The van der Waals surface area contributed by atoms with Gasteiger partial charge in [-0.3, -0.25) is 0 Å². The maximum atomic E-state index is 13.7. The van der Waals surface area contributed by atoms with Crippen LogP contribution in [0.1, 0.15) is 17.0 Å². The first-order valence-electron chi connectivity index (χ1n) is 6.34. The molecule has 0 aliphatic carbocycles. The Labute approximate surface area is 112 Å². The molecule has 0 aliphatic heterocycles. The molecule has 0 fully saturated rings. The van der Waals surface area contributed by atoms with Crippen molar-refractivity contribution in [2.45, 2.75) is 12.3 Å². The van der Waals surface area contributed by atoms with Gasteiger partial charge in [-0.15, -0.1) is 0 Å². The zero-order chi connectivity index (χ0) is 13.7. The molecule has 2 aromatic rings. The van der Waals surface area contributed by atoms with Crippen molar-refractivity contribution in [3.05, 3.63) is 71.3 Å². The summed E-state index contributed by atoms with van der Waals surface area (Å²) in [5.41, 5.74) is 1.55. The van der Waals surface area contributed by atoms with Gasteiger partial charge in [0.2, 0.25) is 0 Å². The molecular formula is C16H17F2N. The normalized spacial score (nSPS) is 12.4. The minimum atomic E-state index is -0.784. The van der Waals surface area contributed by atoms with Crippen molar-refractivity contribution in [3.63, 3.8) is 0 Å². The molecule has 19 heavy (non-hydrogen) atoms. The maximum Gasteiger partial charge on any atom is 0.162 e. The fourth-order valence-corrected chi connectivity index (χ4v) is 2.25. The van der Waals surface area contributed by atoms with Crippen LogP contribution < -0.4 is 5.32 Å². The molecule has 3 heteroatoms. The predicted molar refractivity (Wildman–Crippen MR) is 73.2 cm³/mol. The summed E-state index contributed by atoms with van der Waals surface area (Å²) < 4.78 is 26.9. The van der Waals surface area contributed by atoms with Gasteiger partial charge in [-0.1, -0.05) is 42.5 Å². The van der Waals surface area contributed by atoms with Crippen molar-refractivity contribution in [2.24, 2.45) is 0 Å². The van der Waals surface area contributed by atoms with E-state index in [-0.39, 0.29) is 5.92 Å². The lowest BCUT2D eigenvalue weighted by atomic mass is 9.91. The van der Waals surface area contributed by atoms with E-state index >= 15 is 0 Å².